The van der Waals surface area contributed by atoms with Gasteiger partial charge in [0.1, 0.15) is 0 Å². The maximum atomic E-state index is 4.30. The van der Waals surface area contributed by atoms with Crippen LogP contribution in [-0.4, -0.2) is 22.0 Å². The predicted molar refractivity (Wildman–Crippen MR) is 44.6 cm³/mol. The fourth-order valence-electron chi connectivity index (χ4n) is 1.24. The van der Waals surface area contributed by atoms with E-state index in [0.29, 0.717) is 5.50 Å². The highest BCUT2D eigenvalue weighted by molar-refractivity contribution is 8.02. The molecule has 0 N–H and O–H groups in total. The maximum Gasteiger partial charge on any atom is 0.304 e. The summed E-state index contributed by atoms with van der Waals surface area (Å²) in [5.41, 5.74) is 2.88. The van der Waals surface area contributed by atoms with Crippen LogP contribution < -0.4 is 0 Å². The van der Waals surface area contributed by atoms with E-state index < -0.39 is 0 Å². The van der Waals surface area contributed by atoms with Gasteiger partial charge >= 0.3 is 5.50 Å². The van der Waals surface area contributed by atoms with Gasteiger partial charge in [-0.2, -0.15) is 4.58 Å². The molecule has 2 nitrogen and oxygen atoms in total. The molecule has 0 fully saturated rings. The Hall–Kier alpha value is -0.570. The molecule has 2 aliphatic rings. The molecular formula is C7H9N2S+. The van der Waals surface area contributed by atoms with E-state index in [0.717, 1.165) is 0 Å². The van der Waals surface area contributed by atoms with Gasteiger partial charge in [0.15, 0.2) is 11.4 Å². The molecule has 0 radical (unpaired) electrons. The van der Waals surface area contributed by atoms with Crippen molar-refractivity contribution in [2.24, 2.45) is 4.99 Å². The second kappa shape index (κ2) is 1.95. The highest BCUT2D eigenvalue weighted by atomic mass is 32.2. The molecule has 2 heterocycles. The van der Waals surface area contributed by atoms with Gasteiger partial charge in [0.25, 0.3) is 0 Å². The van der Waals surface area contributed by atoms with E-state index in [4.69, 9.17) is 0 Å². The van der Waals surface area contributed by atoms with E-state index in [1.54, 1.807) is 11.8 Å². The second-order valence-corrected chi connectivity index (χ2v) is 3.44. The molecule has 0 aliphatic carbocycles. The van der Waals surface area contributed by atoms with Gasteiger partial charge < -0.3 is 0 Å². The zero-order valence-electron chi connectivity index (χ0n) is 6.03. The summed E-state index contributed by atoms with van der Waals surface area (Å²) < 4.78 is 2.24. The van der Waals surface area contributed by atoms with Crippen molar-refractivity contribution in [3.63, 3.8) is 0 Å². The summed E-state index contributed by atoms with van der Waals surface area (Å²) in [6.07, 6.45) is 1.94. The van der Waals surface area contributed by atoms with Gasteiger partial charge in [-0.3, -0.25) is 0 Å². The van der Waals surface area contributed by atoms with Crippen molar-refractivity contribution in [2.45, 2.75) is 19.3 Å². The molecule has 0 saturated heterocycles. The van der Waals surface area contributed by atoms with Crippen molar-refractivity contribution >= 4 is 23.7 Å². The third-order valence-corrected chi connectivity index (χ3v) is 2.78. The van der Waals surface area contributed by atoms with Gasteiger partial charge in [-0.25, -0.2) is 4.99 Å². The largest absolute Gasteiger partial charge is 0.304 e. The van der Waals surface area contributed by atoms with E-state index in [2.05, 4.69) is 28.8 Å². The molecule has 0 spiro atoms. The van der Waals surface area contributed by atoms with Crippen LogP contribution in [0.2, 0.25) is 0 Å². The maximum absolute atomic E-state index is 4.30. The van der Waals surface area contributed by atoms with Crippen molar-refractivity contribution in [2.75, 3.05) is 0 Å². The monoisotopic (exact) mass is 153 g/mol. The summed E-state index contributed by atoms with van der Waals surface area (Å²) in [5.74, 6) is 0. The van der Waals surface area contributed by atoms with Crippen molar-refractivity contribution in [1.82, 2.24) is 0 Å². The van der Waals surface area contributed by atoms with Gasteiger partial charge in [-0.05, 0) is 11.8 Å². The topological polar surface area (TPSA) is 15.4 Å². The number of rotatable bonds is 0. The van der Waals surface area contributed by atoms with Gasteiger partial charge in [0.05, 0.1) is 6.21 Å². The Balaban J connectivity index is 2.47. The minimum atomic E-state index is 0.319. The molecule has 0 bridgehead atoms. The quantitative estimate of drug-likeness (QED) is 0.481. The van der Waals surface area contributed by atoms with Gasteiger partial charge in [0, 0.05) is 19.3 Å². The second-order valence-electron chi connectivity index (χ2n) is 2.51. The first kappa shape index (κ1) is 6.16. The molecule has 0 saturated carbocycles. The predicted octanol–water partition coefficient (Wildman–Crippen LogP) is 1.44. The van der Waals surface area contributed by atoms with E-state index in [-0.39, 0.29) is 0 Å². The molecule has 0 aromatic carbocycles. The van der Waals surface area contributed by atoms with E-state index in [1.807, 2.05) is 6.21 Å². The van der Waals surface area contributed by atoms with Crippen LogP contribution in [0.3, 0.4) is 0 Å². The van der Waals surface area contributed by atoms with Crippen LogP contribution in [0.1, 0.15) is 13.8 Å². The average molecular weight is 153 g/mol. The number of thioether (sulfide) groups is 1. The van der Waals surface area contributed by atoms with Gasteiger partial charge in [0.2, 0.25) is 0 Å². The van der Waals surface area contributed by atoms with Crippen molar-refractivity contribution in [3.8, 4) is 0 Å². The fraction of sp³-hybridized carbons (Fsp3) is 0.429. The first-order valence-electron chi connectivity index (χ1n) is 3.27. The Kier molecular flexibility index (Phi) is 1.20. The number of allylic oxidation sites excluding steroid dienone is 1. The van der Waals surface area contributed by atoms with Crippen LogP contribution in [0.4, 0.5) is 0 Å². The third kappa shape index (κ3) is 0.669. The van der Waals surface area contributed by atoms with E-state index in [1.165, 1.54) is 11.4 Å². The fourth-order valence-corrected chi connectivity index (χ4v) is 2.26. The van der Waals surface area contributed by atoms with E-state index in [9.17, 15) is 0 Å². The van der Waals surface area contributed by atoms with Crippen LogP contribution in [0, 0.1) is 0 Å². The lowest BCUT2D eigenvalue weighted by atomic mass is 10.4. The minimum Gasteiger partial charge on any atom is -0.208 e. The summed E-state index contributed by atoms with van der Waals surface area (Å²) in [6.45, 7) is 4.21. The molecule has 1 atom stereocenters. The SMILES string of the molecule is CC1=CSC2N=CC(C)=[N+]12. The Morgan fingerprint density at radius 2 is 2.40 bits per heavy atom. The number of hydrogen-bond donors (Lipinski definition) is 0. The van der Waals surface area contributed by atoms with Crippen LogP contribution in [0.5, 0.6) is 0 Å². The van der Waals surface area contributed by atoms with Crippen molar-refractivity contribution in [3.05, 3.63) is 11.1 Å². The number of aliphatic imine (C=N–C) groups is 1. The van der Waals surface area contributed by atoms with Crippen LogP contribution >= 0.6 is 11.8 Å². The molecule has 3 heteroatoms. The molecule has 0 amide bonds. The molecule has 0 aromatic heterocycles. The van der Waals surface area contributed by atoms with Gasteiger partial charge in [-0.1, -0.05) is 0 Å². The van der Waals surface area contributed by atoms with Crippen LogP contribution in [0.15, 0.2) is 16.1 Å². The lowest BCUT2D eigenvalue weighted by molar-refractivity contribution is -0.480. The van der Waals surface area contributed by atoms with Crippen molar-refractivity contribution < 1.29 is 4.58 Å². The Bertz CT molecular complexity index is 263. The average Bonchev–Trinajstić information content (AvgIpc) is 2.40. The highest BCUT2D eigenvalue weighted by Crippen LogP contribution is 2.29. The number of nitrogens with zero attached hydrogens (tertiary/aromatic N) is 2. The normalized spacial score (nSPS) is 29.4. The lowest BCUT2D eigenvalue weighted by Crippen LogP contribution is -2.15. The highest BCUT2D eigenvalue weighted by Gasteiger charge is 2.33. The zero-order chi connectivity index (χ0) is 7.14. The molecule has 2 rings (SSSR count). The molecule has 2 aliphatic heterocycles. The summed E-state index contributed by atoms with van der Waals surface area (Å²) in [7, 11) is 0. The zero-order valence-corrected chi connectivity index (χ0v) is 6.85. The smallest absolute Gasteiger partial charge is 0.208 e. The summed E-state index contributed by atoms with van der Waals surface area (Å²) >= 11 is 1.77. The Labute approximate surface area is 64.4 Å². The van der Waals surface area contributed by atoms with Crippen LogP contribution in [-0.2, 0) is 0 Å². The number of fused-ring (bicyclic) bond motifs is 1. The molecule has 10 heavy (non-hydrogen) atoms. The van der Waals surface area contributed by atoms with Gasteiger partial charge in [-0.15, -0.1) is 0 Å². The Morgan fingerprint density at radius 1 is 1.60 bits per heavy atom. The minimum absolute atomic E-state index is 0.319. The molecule has 52 valence electrons. The summed E-state index contributed by atoms with van der Waals surface area (Å²) in [4.78, 5) is 4.30. The molecular weight excluding hydrogens is 144 g/mol. The first-order valence-corrected chi connectivity index (χ1v) is 4.21. The third-order valence-electron chi connectivity index (χ3n) is 1.73. The van der Waals surface area contributed by atoms with Crippen molar-refractivity contribution in [1.29, 1.82) is 0 Å². The Morgan fingerprint density at radius 3 is 3.10 bits per heavy atom. The van der Waals surface area contributed by atoms with Crippen LogP contribution in [0.25, 0.3) is 0 Å². The molecule has 1 unspecified atom stereocenters. The first-order chi connectivity index (χ1) is 4.79. The summed E-state index contributed by atoms with van der Waals surface area (Å²) in [5, 5.41) is 2.16. The lowest BCUT2D eigenvalue weighted by Gasteiger charge is -1.95. The molecule has 0 aromatic rings. The standard InChI is InChI=1S/C7H9N2S/c1-5-3-8-7-9(5)6(2)4-10-7/h3-4,7H,1-2H3/q+1. The number of hydrogen-bond acceptors (Lipinski definition) is 2. The van der Waals surface area contributed by atoms with E-state index >= 15 is 0 Å². The summed E-state index contributed by atoms with van der Waals surface area (Å²) in [6, 6.07) is 0.